The Kier molecular flexibility index (Phi) is 19.0. The van der Waals surface area contributed by atoms with Crippen LogP contribution in [-0.2, 0) is 0 Å². The third-order valence-corrected chi connectivity index (χ3v) is 3.02. The van der Waals surface area contributed by atoms with Crippen LogP contribution in [0, 0.1) is 40.5 Å². The van der Waals surface area contributed by atoms with Gasteiger partial charge in [-0.15, -0.1) is 0 Å². The van der Waals surface area contributed by atoms with Crippen molar-refractivity contribution in [3.05, 3.63) is 76.9 Å². The highest BCUT2D eigenvalue weighted by Gasteiger charge is 2.14. The minimum atomic E-state index is -0.949. The number of nitrogens with zero attached hydrogens (tertiary/aromatic N) is 4. The van der Waals surface area contributed by atoms with Gasteiger partial charge in [0.2, 0.25) is 0 Å². The molecule has 0 aromatic heterocycles. The van der Waals surface area contributed by atoms with Crippen LogP contribution < -0.4 is 21.7 Å². The van der Waals surface area contributed by atoms with Gasteiger partial charge in [-0.1, -0.05) is 12.1 Å². The first-order valence-corrected chi connectivity index (χ1v) is 8.87. The van der Waals surface area contributed by atoms with Gasteiger partial charge in [-0.2, -0.15) is 0 Å². The molecule has 19 nitrogen and oxygen atoms in total. The maximum absolute atomic E-state index is 10.8. The lowest BCUT2D eigenvalue weighted by Crippen LogP contribution is -2.51. The van der Waals surface area contributed by atoms with E-state index in [1.807, 2.05) is 0 Å². The molecule has 0 aliphatic rings. The molecular weight excluding hydrogens is 484 g/mol. The van der Waals surface area contributed by atoms with E-state index in [0.717, 1.165) is 24.3 Å². The number of non-ortho nitro benzene ring substituents is 2. The van der Waals surface area contributed by atoms with Crippen LogP contribution in [0.5, 0.6) is 11.5 Å². The minimum Gasteiger partial charge on any atom is -0.868 e. The van der Waals surface area contributed by atoms with Crippen molar-refractivity contribution < 1.29 is 57.1 Å². The normalized spacial score (nSPS) is 8.80. The summed E-state index contributed by atoms with van der Waals surface area (Å²) in [7, 11) is 0. The Hall–Kier alpha value is -4.56. The first-order valence-electron chi connectivity index (χ1n) is 8.87. The van der Waals surface area contributed by atoms with E-state index in [4.69, 9.17) is 10.2 Å². The van der Waals surface area contributed by atoms with Gasteiger partial charge in [-0.25, -0.2) is 0 Å². The van der Waals surface area contributed by atoms with Gasteiger partial charge in [-0.3, -0.25) is 40.5 Å². The first kappa shape index (κ1) is 35.0. The Morgan fingerprint density at radius 2 is 0.886 bits per heavy atom. The summed E-state index contributed by atoms with van der Waals surface area (Å²) in [5, 5.41) is 77.9. The fourth-order valence-electron chi connectivity index (χ4n) is 1.52. The Bertz CT molecular complexity index is 891. The zero-order valence-electron chi connectivity index (χ0n) is 18.0. The van der Waals surface area contributed by atoms with Crippen LogP contribution in [0.15, 0.2) is 36.4 Å². The van der Waals surface area contributed by atoms with Gasteiger partial charge in [-0.05, 0) is 11.5 Å². The second kappa shape index (κ2) is 19.0. The second-order valence-electron chi connectivity index (χ2n) is 5.49. The lowest BCUT2D eigenvalue weighted by atomic mass is 10.2. The quantitative estimate of drug-likeness (QED) is 0.221. The van der Waals surface area contributed by atoms with Crippen molar-refractivity contribution in [2.75, 3.05) is 26.3 Å². The van der Waals surface area contributed by atoms with E-state index in [1.165, 1.54) is 0 Å². The lowest BCUT2D eigenvalue weighted by molar-refractivity contribution is -0.403. The number of hydrogen-bond acceptors (Lipinski definition) is 12. The van der Waals surface area contributed by atoms with Crippen LogP contribution in [0.1, 0.15) is 0 Å². The summed E-state index contributed by atoms with van der Waals surface area (Å²) < 4.78 is 0. The van der Waals surface area contributed by atoms with Crippen LogP contribution in [0.3, 0.4) is 0 Å². The van der Waals surface area contributed by atoms with E-state index in [9.17, 15) is 50.7 Å². The molecule has 0 unspecified atom stereocenters. The predicted molar refractivity (Wildman–Crippen MR) is 112 cm³/mol. The van der Waals surface area contributed by atoms with Gasteiger partial charge >= 0.3 is 0 Å². The molecule has 0 atom stereocenters. The van der Waals surface area contributed by atoms with Gasteiger partial charge in [0, 0.05) is 12.1 Å². The molecule has 10 N–H and O–H groups in total. The molecule has 196 valence electrons. The summed E-state index contributed by atoms with van der Waals surface area (Å²) >= 11 is 0. The highest BCUT2D eigenvalue weighted by atomic mass is 16.6. The number of benzene rings is 2. The van der Waals surface area contributed by atoms with Crippen LogP contribution in [0.2, 0.25) is 0 Å². The van der Waals surface area contributed by atoms with E-state index in [0.29, 0.717) is 25.2 Å². The number of nitro benzene ring substituents is 4. The van der Waals surface area contributed by atoms with Gasteiger partial charge in [0.05, 0.1) is 58.1 Å². The fraction of sp³-hybridized carbons (Fsp3) is 0.250. The first-order chi connectivity index (χ1) is 15.9. The summed E-state index contributed by atoms with van der Waals surface area (Å²) in [6, 6.07) is 4.74. The number of quaternary nitrogens is 2. The number of aliphatic hydroxyl groups is 2. The Labute approximate surface area is 195 Å². The van der Waals surface area contributed by atoms with E-state index >= 15 is 0 Å². The zero-order valence-corrected chi connectivity index (χ0v) is 18.0. The largest absolute Gasteiger partial charge is 0.868 e. The van der Waals surface area contributed by atoms with Crippen molar-refractivity contribution in [2.45, 2.75) is 0 Å². The predicted octanol–water partition coefficient (Wildman–Crippen LogP) is -3.23. The van der Waals surface area contributed by atoms with Crippen LogP contribution in [-0.4, -0.2) is 61.7 Å². The summed E-state index contributed by atoms with van der Waals surface area (Å²) in [6.07, 6.45) is 0. The number of hydrogen-bond donors (Lipinski definition) is 4. The van der Waals surface area contributed by atoms with E-state index in [-0.39, 0.29) is 18.7 Å². The van der Waals surface area contributed by atoms with Gasteiger partial charge in [0.1, 0.15) is 0 Å². The molecule has 0 heterocycles. The van der Waals surface area contributed by atoms with Gasteiger partial charge in [0.25, 0.3) is 22.7 Å². The molecule has 35 heavy (non-hydrogen) atoms. The van der Waals surface area contributed by atoms with Crippen LogP contribution >= 0.6 is 0 Å². The maximum atomic E-state index is 10.8. The van der Waals surface area contributed by atoms with E-state index < -0.39 is 53.9 Å². The molecule has 0 saturated carbocycles. The van der Waals surface area contributed by atoms with Gasteiger partial charge < -0.3 is 37.4 Å². The van der Waals surface area contributed by atoms with Crippen molar-refractivity contribution in [2.24, 2.45) is 0 Å². The minimum absolute atomic E-state index is 0. The monoisotopic (exact) mass is 508 g/mol. The Morgan fingerprint density at radius 3 is 1.06 bits per heavy atom. The zero-order chi connectivity index (χ0) is 26.8. The number of rotatable bonds is 6. The number of aliphatic hydroxyl groups excluding tert-OH is 2. The topological polar surface area (TPSA) is 346 Å². The molecule has 0 spiro atoms. The second-order valence-corrected chi connectivity index (χ2v) is 5.49. The highest BCUT2D eigenvalue weighted by molar-refractivity contribution is 5.52. The average molecular weight is 508 g/mol. The highest BCUT2D eigenvalue weighted by Crippen LogP contribution is 2.28. The Morgan fingerprint density at radius 1 is 0.629 bits per heavy atom. The molecule has 0 amide bonds. The lowest BCUT2D eigenvalue weighted by Gasteiger charge is -2.04. The Balaban J connectivity index is -0.000000440. The van der Waals surface area contributed by atoms with Gasteiger partial charge in [0.15, 0.2) is 0 Å². The molecule has 0 radical (unpaired) electrons. The van der Waals surface area contributed by atoms with Crippen molar-refractivity contribution in [3.8, 4) is 11.5 Å². The van der Waals surface area contributed by atoms with Crippen LogP contribution in [0.25, 0.3) is 0 Å². The third kappa shape index (κ3) is 14.3. The fourth-order valence-corrected chi connectivity index (χ4v) is 1.52. The molecule has 19 heteroatoms. The van der Waals surface area contributed by atoms with Crippen molar-refractivity contribution in [1.82, 2.24) is 0 Å². The molecule has 0 aliphatic heterocycles. The van der Waals surface area contributed by atoms with E-state index in [2.05, 4.69) is 11.5 Å². The summed E-state index contributed by atoms with van der Waals surface area (Å²) in [5.74, 6) is -1.67. The SMILES string of the molecule is O.O=[N+]([O-])c1ccc([O-])c([N+](=O)[O-])c1.O=[N+]([O-])c1ccc([O-])c([N+](=O)[O-])c1.[NH3+]CCO.[NH3+]CCO. The van der Waals surface area contributed by atoms with Crippen molar-refractivity contribution in [1.29, 1.82) is 0 Å². The molecular formula is C16H24N6O13. The van der Waals surface area contributed by atoms with Crippen molar-refractivity contribution >= 4 is 22.7 Å². The molecule has 2 aromatic carbocycles. The summed E-state index contributed by atoms with van der Waals surface area (Å²) in [5.41, 5.74) is 4.21. The molecule has 0 fully saturated rings. The number of nitro groups is 4. The molecule has 2 rings (SSSR count). The smallest absolute Gasteiger partial charge is 0.276 e. The molecule has 2 aromatic rings. The molecule has 0 aliphatic carbocycles. The molecule has 0 saturated heterocycles. The van der Waals surface area contributed by atoms with Crippen molar-refractivity contribution in [3.63, 3.8) is 0 Å². The van der Waals surface area contributed by atoms with Crippen LogP contribution in [0.4, 0.5) is 22.7 Å². The third-order valence-electron chi connectivity index (χ3n) is 3.02. The summed E-state index contributed by atoms with van der Waals surface area (Å²) in [6.45, 7) is 1.67. The maximum Gasteiger partial charge on any atom is 0.276 e. The standard InChI is InChI=1S/2C6H4N2O5.2C2H7NO.H2O/c2*9-6-2-1-4(7(10)11)3-5(6)8(12)13;2*3-1-2-4;/h2*1-3,9H;2*4H,1-3H2;1H2. The molecule has 0 bridgehead atoms. The summed E-state index contributed by atoms with van der Waals surface area (Å²) in [4.78, 5) is 37.2. The average Bonchev–Trinajstić information content (AvgIpc) is 2.79. The van der Waals surface area contributed by atoms with E-state index in [1.54, 1.807) is 0 Å².